The van der Waals surface area contributed by atoms with Crippen molar-refractivity contribution in [1.29, 1.82) is 0 Å². The topological polar surface area (TPSA) is 29.1 Å². The zero-order valence-electron chi connectivity index (χ0n) is 12.8. The van der Waals surface area contributed by atoms with Gasteiger partial charge in [-0.15, -0.1) is 0 Å². The monoisotopic (exact) mass is 273 g/mol. The van der Waals surface area contributed by atoms with Crippen LogP contribution in [0.25, 0.3) is 0 Å². The minimum absolute atomic E-state index is 0.361. The number of nitrogens with one attached hydrogen (secondary N) is 1. The molecule has 0 aromatic carbocycles. The minimum atomic E-state index is -0.656. The molecule has 0 amide bonds. The molecule has 1 aliphatic rings. The first-order valence-electron chi connectivity index (χ1n) is 7.50. The van der Waals surface area contributed by atoms with Crippen molar-refractivity contribution < 1.29 is 4.21 Å². The molecule has 0 radical (unpaired) electrons. The van der Waals surface area contributed by atoms with Crippen LogP contribution in [0.15, 0.2) is 0 Å². The molecule has 1 N–H and O–H groups in total. The Morgan fingerprint density at radius 1 is 1.28 bits per heavy atom. The second-order valence-corrected chi connectivity index (χ2v) is 8.15. The number of rotatable bonds is 6. The largest absolute Gasteiger partial charge is 0.316 e. The zero-order chi connectivity index (χ0) is 13.8. The van der Waals surface area contributed by atoms with Crippen LogP contribution in [0.5, 0.6) is 0 Å². The lowest BCUT2D eigenvalue weighted by molar-refractivity contribution is 0.141. The van der Waals surface area contributed by atoms with Gasteiger partial charge < -0.3 is 5.32 Å². The summed E-state index contributed by atoms with van der Waals surface area (Å²) >= 11 is 0. The van der Waals surface area contributed by atoms with Crippen molar-refractivity contribution in [3.05, 3.63) is 0 Å². The van der Waals surface area contributed by atoms with E-state index < -0.39 is 10.8 Å². The molecule has 4 atom stereocenters. The maximum Gasteiger partial charge on any atom is 0.0503 e. The van der Waals surface area contributed by atoms with Gasteiger partial charge in [0.15, 0.2) is 0 Å². The average Bonchev–Trinajstić information content (AvgIpc) is 2.38. The van der Waals surface area contributed by atoms with E-state index in [4.69, 9.17) is 0 Å². The van der Waals surface area contributed by atoms with Crippen LogP contribution in [0, 0.1) is 11.3 Å². The molecule has 108 valence electrons. The molecule has 1 fully saturated rings. The number of hydrogen-bond acceptors (Lipinski definition) is 2. The first-order valence-corrected chi connectivity index (χ1v) is 8.88. The van der Waals surface area contributed by atoms with Gasteiger partial charge in [-0.3, -0.25) is 4.21 Å². The summed E-state index contributed by atoms with van der Waals surface area (Å²) in [6, 6.07) is 0.460. The highest BCUT2D eigenvalue weighted by Gasteiger charge is 2.38. The summed E-state index contributed by atoms with van der Waals surface area (Å²) in [5, 5.41) is 3.75. The smallest absolute Gasteiger partial charge is 0.0503 e. The van der Waals surface area contributed by atoms with Gasteiger partial charge >= 0.3 is 0 Å². The molecular formula is C15H31NOS. The Morgan fingerprint density at radius 3 is 2.44 bits per heavy atom. The van der Waals surface area contributed by atoms with E-state index in [1.165, 1.54) is 19.3 Å². The van der Waals surface area contributed by atoms with E-state index in [1.54, 1.807) is 0 Å². The molecule has 0 heterocycles. The molecule has 1 rings (SSSR count). The molecule has 0 aromatic heterocycles. The fraction of sp³-hybridized carbons (Fsp3) is 1.00. The van der Waals surface area contributed by atoms with Crippen LogP contribution in [0.4, 0.5) is 0 Å². The predicted octanol–water partition coefficient (Wildman–Crippen LogP) is 3.34. The predicted molar refractivity (Wildman–Crippen MR) is 81.3 cm³/mol. The number of hydrogen-bond donors (Lipinski definition) is 1. The van der Waals surface area contributed by atoms with Crippen LogP contribution in [0.1, 0.15) is 59.8 Å². The Hall–Kier alpha value is 0.110. The highest BCUT2D eigenvalue weighted by atomic mass is 32.2. The Labute approximate surface area is 116 Å². The molecule has 4 unspecified atom stereocenters. The third kappa shape index (κ3) is 3.80. The van der Waals surface area contributed by atoms with E-state index >= 15 is 0 Å². The van der Waals surface area contributed by atoms with Crippen LogP contribution >= 0.6 is 0 Å². The van der Waals surface area contributed by atoms with Crippen LogP contribution in [-0.2, 0) is 10.8 Å². The lowest BCUT2D eigenvalue weighted by atomic mass is 9.68. The lowest BCUT2D eigenvalue weighted by Crippen LogP contribution is -2.47. The summed E-state index contributed by atoms with van der Waals surface area (Å²) in [5.41, 5.74) is 0.396. The summed E-state index contributed by atoms with van der Waals surface area (Å²) in [6.07, 6.45) is 5.85. The molecule has 0 aromatic rings. The van der Waals surface area contributed by atoms with Gasteiger partial charge in [0.2, 0.25) is 0 Å². The van der Waals surface area contributed by atoms with E-state index in [1.807, 2.05) is 7.05 Å². The fourth-order valence-electron chi connectivity index (χ4n) is 3.10. The van der Waals surface area contributed by atoms with Gasteiger partial charge in [0.05, 0.1) is 5.25 Å². The quantitative estimate of drug-likeness (QED) is 0.804. The van der Waals surface area contributed by atoms with Gasteiger partial charge in [0.25, 0.3) is 0 Å². The molecule has 0 aliphatic heterocycles. The normalized spacial score (nSPS) is 31.3. The second-order valence-electron chi connectivity index (χ2n) is 6.37. The summed E-state index contributed by atoms with van der Waals surface area (Å²) in [6.45, 7) is 9.15. The minimum Gasteiger partial charge on any atom is -0.316 e. The van der Waals surface area contributed by atoms with Gasteiger partial charge in [0, 0.05) is 22.6 Å². The molecular weight excluding hydrogens is 242 g/mol. The van der Waals surface area contributed by atoms with Crippen molar-refractivity contribution in [2.24, 2.45) is 11.3 Å². The highest BCUT2D eigenvalue weighted by Crippen LogP contribution is 2.41. The SMILES string of the molecule is CCCS(=O)C1CC(C(C)(C)CC)CCC1NC. The molecule has 3 heteroatoms. The first kappa shape index (κ1) is 16.2. The van der Waals surface area contributed by atoms with Gasteiger partial charge in [-0.1, -0.05) is 34.1 Å². The average molecular weight is 273 g/mol. The van der Waals surface area contributed by atoms with Crippen molar-refractivity contribution >= 4 is 10.8 Å². The summed E-state index contributed by atoms with van der Waals surface area (Å²) in [4.78, 5) is 0. The molecule has 0 bridgehead atoms. The Bertz CT molecular complexity index is 278. The molecule has 0 saturated heterocycles. The van der Waals surface area contributed by atoms with Crippen molar-refractivity contribution in [3.63, 3.8) is 0 Å². The van der Waals surface area contributed by atoms with E-state index in [9.17, 15) is 4.21 Å². The van der Waals surface area contributed by atoms with Crippen LogP contribution in [0.3, 0.4) is 0 Å². The van der Waals surface area contributed by atoms with Crippen molar-refractivity contribution in [2.75, 3.05) is 12.8 Å². The standard InChI is InChI=1S/C15H31NOS/c1-6-10-18(17)14-11-12(15(3,4)7-2)8-9-13(14)16-5/h12-14,16H,6-11H2,1-5H3. The van der Waals surface area contributed by atoms with E-state index in [0.717, 1.165) is 24.5 Å². The zero-order valence-corrected chi connectivity index (χ0v) is 13.6. The Balaban J connectivity index is 2.74. The van der Waals surface area contributed by atoms with E-state index in [0.29, 0.717) is 16.7 Å². The Morgan fingerprint density at radius 2 is 1.94 bits per heavy atom. The third-order valence-corrected chi connectivity index (χ3v) is 6.93. The van der Waals surface area contributed by atoms with Gasteiger partial charge in [-0.05, 0) is 44.1 Å². The molecule has 1 saturated carbocycles. The summed E-state index contributed by atoms with van der Waals surface area (Å²) < 4.78 is 12.4. The van der Waals surface area contributed by atoms with Crippen molar-refractivity contribution in [1.82, 2.24) is 5.32 Å². The van der Waals surface area contributed by atoms with Crippen LogP contribution < -0.4 is 5.32 Å². The van der Waals surface area contributed by atoms with Gasteiger partial charge in [-0.2, -0.15) is 0 Å². The third-order valence-electron chi connectivity index (χ3n) is 4.92. The maximum absolute atomic E-state index is 12.4. The molecule has 2 nitrogen and oxygen atoms in total. The van der Waals surface area contributed by atoms with E-state index in [-0.39, 0.29) is 0 Å². The molecule has 18 heavy (non-hydrogen) atoms. The highest BCUT2D eigenvalue weighted by molar-refractivity contribution is 7.85. The second kappa shape index (κ2) is 7.04. The lowest BCUT2D eigenvalue weighted by Gasteiger charge is -2.42. The van der Waals surface area contributed by atoms with Crippen molar-refractivity contribution in [2.45, 2.75) is 71.1 Å². The summed E-state index contributed by atoms with van der Waals surface area (Å²) in [7, 11) is 1.36. The fourth-order valence-corrected chi connectivity index (χ4v) is 4.89. The van der Waals surface area contributed by atoms with Crippen molar-refractivity contribution in [3.8, 4) is 0 Å². The molecule has 0 spiro atoms. The van der Waals surface area contributed by atoms with Gasteiger partial charge in [0.1, 0.15) is 0 Å². The van der Waals surface area contributed by atoms with Crippen LogP contribution in [0.2, 0.25) is 0 Å². The maximum atomic E-state index is 12.4. The Kier molecular flexibility index (Phi) is 6.32. The van der Waals surface area contributed by atoms with Gasteiger partial charge in [-0.25, -0.2) is 0 Å². The van der Waals surface area contributed by atoms with E-state index in [2.05, 4.69) is 33.0 Å². The molecule has 1 aliphatic carbocycles. The summed E-state index contributed by atoms with van der Waals surface area (Å²) in [5.74, 6) is 1.60. The van der Waals surface area contributed by atoms with Crippen LogP contribution in [-0.4, -0.2) is 28.3 Å². The first-order chi connectivity index (χ1) is 8.46.